The monoisotopic (exact) mass is 172 g/mol. The molecule has 0 heterocycles. The largest absolute Gasteiger partial charge is 0.459 e. The van der Waals surface area contributed by atoms with E-state index in [9.17, 15) is 9.59 Å². The summed E-state index contributed by atoms with van der Waals surface area (Å²) < 4.78 is 5.07. The lowest BCUT2D eigenvalue weighted by Gasteiger charge is -2.30. The van der Waals surface area contributed by atoms with Gasteiger partial charge in [-0.3, -0.25) is 4.79 Å². The van der Waals surface area contributed by atoms with Gasteiger partial charge in [0.05, 0.1) is 5.92 Å². The number of aldehydes is 1. The number of ether oxygens (including phenoxy) is 1. The van der Waals surface area contributed by atoms with Crippen LogP contribution in [0.3, 0.4) is 0 Å². The van der Waals surface area contributed by atoms with Crippen molar-refractivity contribution in [1.82, 2.24) is 0 Å². The number of hydrogen-bond donors (Lipinski definition) is 0. The Bertz CT molecular complexity index is 177. The third-order valence-corrected chi connectivity index (χ3v) is 2.25. The molecule has 0 aliphatic carbocycles. The smallest absolute Gasteiger partial charge is 0.303 e. The molecule has 0 saturated heterocycles. The molecule has 0 N–H and O–H groups in total. The molecule has 0 amide bonds. The predicted molar refractivity (Wildman–Crippen MR) is 45.7 cm³/mol. The molecule has 0 aliphatic rings. The summed E-state index contributed by atoms with van der Waals surface area (Å²) >= 11 is 0. The van der Waals surface area contributed by atoms with E-state index in [0.717, 1.165) is 6.29 Å². The Hall–Kier alpha value is -0.860. The van der Waals surface area contributed by atoms with Gasteiger partial charge in [0.1, 0.15) is 11.9 Å². The fourth-order valence-corrected chi connectivity index (χ4v) is 0.959. The Morgan fingerprint density at radius 3 is 2.42 bits per heavy atom. The Balaban J connectivity index is 4.42. The summed E-state index contributed by atoms with van der Waals surface area (Å²) in [5.41, 5.74) is -0.645. The molecule has 0 bridgehead atoms. The first-order chi connectivity index (χ1) is 5.46. The zero-order chi connectivity index (χ0) is 9.78. The van der Waals surface area contributed by atoms with Crippen LogP contribution in [-0.4, -0.2) is 17.9 Å². The highest BCUT2D eigenvalue weighted by Gasteiger charge is 2.32. The molecule has 0 radical (unpaired) electrons. The summed E-state index contributed by atoms with van der Waals surface area (Å²) in [5.74, 6) is -0.598. The summed E-state index contributed by atoms with van der Waals surface area (Å²) in [6, 6.07) is 0. The summed E-state index contributed by atoms with van der Waals surface area (Å²) in [6.07, 6.45) is 1.46. The summed E-state index contributed by atoms with van der Waals surface area (Å²) in [4.78, 5) is 21.2. The molecule has 0 aromatic heterocycles. The molecule has 2 atom stereocenters. The maximum absolute atomic E-state index is 10.7. The Morgan fingerprint density at radius 1 is 1.67 bits per heavy atom. The fraction of sp³-hybridized carbons (Fsp3) is 0.778. The maximum Gasteiger partial charge on any atom is 0.303 e. The standard InChI is InChI=1S/C9H16O3/c1-5-9(4,7(2)6-10)12-8(3)11/h6-7H,5H2,1-4H3. The highest BCUT2D eigenvalue weighted by molar-refractivity contribution is 5.67. The van der Waals surface area contributed by atoms with Crippen molar-refractivity contribution in [2.75, 3.05) is 0 Å². The second-order valence-corrected chi connectivity index (χ2v) is 3.18. The van der Waals surface area contributed by atoms with Crippen molar-refractivity contribution >= 4 is 12.3 Å². The molecule has 3 nitrogen and oxygen atoms in total. The van der Waals surface area contributed by atoms with Crippen molar-refractivity contribution in [2.45, 2.75) is 39.7 Å². The molecular weight excluding hydrogens is 156 g/mol. The van der Waals surface area contributed by atoms with Crippen LogP contribution in [0.25, 0.3) is 0 Å². The van der Waals surface area contributed by atoms with Gasteiger partial charge in [0.25, 0.3) is 0 Å². The second-order valence-electron chi connectivity index (χ2n) is 3.18. The summed E-state index contributed by atoms with van der Waals surface area (Å²) in [5, 5.41) is 0. The number of esters is 1. The first kappa shape index (κ1) is 11.1. The van der Waals surface area contributed by atoms with E-state index in [0.29, 0.717) is 6.42 Å². The molecule has 0 fully saturated rings. The van der Waals surface area contributed by atoms with Crippen LogP contribution in [0.1, 0.15) is 34.1 Å². The van der Waals surface area contributed by atoms with Gasteiger partial charge in [0.15, 0.2) is 0 Å². The van der Waals surface area contributed by atoms with Crippen LogP contribution in [-0.2, 0) is 14.3 Å². The molecule has 12 heavy (non-hydrogen) atoms. The lowest BCUT2D eigenvalue weighted by Crippen LogP contribution is -2.38. The summed E-state index contributed by atoms with van der Waals surface area (Å²) in [7, 11) is 0. The zero-order valence-electron chi connectivity index (χ0n) is 8.09. The van der Waals surface area contributed by atoms with E-state index < -0.39 is 5.60 Å². The van der Waals surface area contributed by atoms with Gasteiger partial charge < -0.3 is 9.53 Å². The molecule has 0 rings (SSSR count). The van der Waals surface area contributed by atoms with Crippen LogP contribution in [0, 0.1) is 5.92 Å². The van der Waals surface area contributed by atoms with E-state index in [1.54, 1.807) is 13.8 Å². The van der Waals surface area contributed by atoms with E-state index in [1.165, 1.54) is 6.92 Å². The molecule has 0 aromatic carbocycles. The van der Waals surface area contributed by atoms with Crippen molar-refractivity contribution in [1.29, 1.82) is 0 Å². The van der Waals surface area contributed by atoms with E-state index in [1.807, 2.05) is 6.92 Å². The lowest BCUT2D eigenvalue weighted by molar-refractivity contribution is -0.161. The quantitative estimate of drug-likeness (QED) is 0.477. The third kappa shape index (κ3) is 2.64. The number of carbonyl (C=O) groups excluding carboxylic acids is 2. The number of hydrogen-bond acceptors (Lipinski definition) is 3. The van der Waals surface area contributed by atoms with Crippen LogP contribution >= 0.6 is 0 Å². The van der Waals surface area contributed by atoms with Gasteiger partial charge in [-0.15, -0.1) is 0 Å². The number of carbonyl (C=O) groups is 2. The van der Waals surface area contributed by atoms with Crippen molar-refractivity contribution in [3.63, 3.8) is 0 Å². The molecule has 70 valence electrons. The van der Waals surface area contributed by atoms with Crippen LogP contribution in [0.5, 0.6) is 0 Å². The minimum atomic E-state index is -0.645. The molecule has 3 heteroatoms. The molecule has 2 unspecified atom stereocenters. The lowest BCUT2D eigenvalue weighted by atomic mass is 9.89. The van der Waals surface area contributed by atoms with Crippen molar-refractivity contribution in [3.8, 4) is 0 Å². The minimum absolute atomic E-state index is 0.258. The highest BCUT2D eigenvalue weighted by Crippen LogP contribution is 2.23. The van der Waals surface area contributed by atoms with E-state index >= 15 is 0 Å². The third-order valence-electron chi connectivity index (χ3n) is 2.25. The normalized spacial score (nSPS) is 17.7. The van der Waals surface area contributed by atoms with Crippen molar-refractivity contribution < 1.29 is 14.3 Å². The van der Waals surface area contributed by atoms with Crippen LogP contribution in [0.15, 0.2) is 0 Å². The Morgan fingerprint density at radius 2 is 2.17 bits per heavy atom. The van der Waals surface area contributed by atoms with Crippen LogP contribution < -0.4 is 0 Å². The second kappa shape index (κ2) is 4.24. The molecular formula is C9H16O3. The van der Waals surface area contributed by atoms with Crippen LogP contribution in [0.2, 0.25) is 0 Å². The highest BCUT2D eigenvalue weighted by atomic mass is 16.6. The first-order valence-corrected chi connectivity index (χ1v) is 4.11. The topological polar surface area (TPSA) is 43.4 Å². The van der Waals surface area contributed by atoms with Gasteiger partial charge in [0.2, 0.25) is 0 Å². The van der Waals surface area contributed by atoms with Gasteiger partial charge in [0, 0.05) is 6.92 Å². The number of rotatable bonds is 4. The van der Waals surface area contributed by atoms with Gasteiger partial charge in [-0.05, 0) is 13.3 Å². The van der Waals surface area contributed by atoms with Gasteiger partial charge >= 0.3 is 5.97 Å². The average molecular weight is 172 g/mol. The molecule has 0 aromatic rings. The van der Waals surface area contributed by atoms with Crippen molar-refractivity contribution in [2.24, 2.45) is 5.92 Å². The molecule has 0 spiro atoms. The van der Waals surface area contributed by atoms with Gasteiger partial charge in [-0.2, -0.15) is 0 Å². The fourth-order valence-electron chi connectivity index (χ4n) is 0.959. The Kier molecular flexibility index (Phi) is 3.93. The maximum atomic E-state index is 10.7. The van der Waals surface area contributed by atoms with E-state index in [2.05, 4.69) is 0 Å². The van der Waals surface area contributed by atoms with Gasteiger partial charge in [-0.25, -0.2) is 0 Å². The molecule has 0 aliphatic heterocycles. The average Bonchev–Trinajstić information content (AvgIpc) is 2.01. The Labute approximate surface area is 73.1 Å². The molecule has 0 saturated carbocycles. The zero-order valence-corrected chi connectivity index (χ0v) is 8.09. The van der Waals surface area contributed by atoms with Crippen molar-refractivity contribution in [3.05, 3.63) is 0 Å². The SMILES string of the molecule is CCC(C)(OC(C)=O)C(C)C=O. The summed E-state index contributed by atoms with van der Waals surface area (Å²) in [6.45, 7) is 6.77. The van der Waals surface area contributed by atoms with Crippen LogP contribution in [0.4, 0.5) is 0 Å². The minimum Gasteiger partial charge on any atom is -0.459 e. The van der Waals surface area contributed by atoms with E-state index in [4.69, 9.17) is 4.74 Å². The van der Waals surface area contributed by atoms with E-state index in [-0.39, 0.29) is 11.9 Å². The first-order valence-electron chi connectivity index (χ1n) is 4.11. The predicted octanol–water partition coefficient (Wildman–Crippen LogP) is 1.55. The van der Waals surface area contributed by atoms with Gasteiger partial charge in [-0.1, -0.05) is 13.8 Å².